The van der Waals surface area contributed by atoms with Gasteiger partial charge in [-0.25, -0.2) is 8.42 Å². The van der Waals surface area contributed by atoms with E-state index in [9.17, 15) is 8.42 Å². The predicted octanol–water partition coefficient (Wildman–Crippen LogP) is 3.87. The van der Waals surface area contributed by atoms with Crippen LogP contribution in [0.5, 0.6) is 0 Å². The molecule has 0 aliphatic carbocycles. The lowest BCUT2D eigenvalue weighted by atomic mass is 10.1. The molecule has 0 bridgehead atoms. The summed E-state index contributed by atoms with van der Waals surface area (Å²) in [6.45, 7) is 1.67. The van der Waals surface area contributed by atoms with E-state index in [1.807, 2.05) is 31.3 Å². The molecule has 0 radical (unpaired) electrons. The Labute approximate surface area is 147 Å². The van der Waals surface area contributed by atoms with E-state index in [1.165, 1.54) is 0 Å². The smallest absolute Gasteiger partial charge is 0.150 e. The minimum absolute atomic E-state index is 0.152. The van der Waals surface area contributed by atoms with E-state index in [-0.39, 0.29) is 11.5 Å². The summed E-state index contributed by atoms with van der Waals surface area (Å²) in [5, 5.41) is 1.81. The Bertz CT molecular complexity index is 993. The first kappa shape index (κ1) is 17.0. The first-order chi connectivity index (χ1) is 11.4. The van der Waals surface area contributed by atoms with E-state index in [0.717, 1.165) is 27.7 Å². The van der Waals surface area contributed by atoms with Crippen molar-refractivity contribution < 1.29 is 8.42 Å². The molecular weight excluding hydrogens is 344 g/mol. The molecule has 24 heavy (non-hydrogen) atoms. The fraction of sp³-hybridized carbons (Fsp3) is 0.278. The maximum absolute atomic E-state index is 11.7. The van der Waals surface area contributed by atoms with Gasteiger partial charge in [0, 0.05) is 46.7 Å². The summed E-state index contributed by atoms with van der Waals surface area (Å²) in [6, 6.07) is 9.90. The fourth-order valence-corrected chi connectivity index (χ4v) is 3.76. The van der Waals surface area contributed by atoms with Crippen molar-refractivity contribution in [2.24, 2.45) is 7.05 Å². The quantitative estimate of drug-likeness (QED) is 0.692. The Hall–Kier alpha value is -1.85. The van der Waals surface area contributed by atoms with Gasteiger partial charge in [-0.05, 0) is 36.2 Å². The molecule has 4 nitrogen and oxygen atoms in total. The lowest BCUT2D eigenvalue weighted by Gasteiger charge is -2.07. The monoisotopic (exact) mass is 362 g/mol. The van der Waals surface area contributed by atoms with Crippen LogP contribution in [0.15, 0.2) is 42.7 Å². The molecule has 0 fully saturated rings. The lowest BCUT2D eigenvalue weighted by Crippen LogP contribution is -2.11. The standard InChI is InChI=1S/C18H19ClN2O2S/c1-3-24(22,23)7-6-13-8-15(12-20-11-13)17-9-14-4-5-16(19)10-18(14)21(17)2/h4-5,8-12H,3,6-7H2,1-2H3. The van der Waals surface area contributed by atoms with Crippen LogP contribution in [0.1, 0.15) is 12.5 Å². The normalized spacial score (nSPS) is 12.0. The average molecular weight is 363 g/mol. The second kappa shape index (κ2) is 6.57. The van der Waals surface area contributed by atoms with Crippen molar-refractivity contribution in [2.45, 2.75) is 13.3 Å². The number of rotatable bonds is 5. The molecule has 3 rings (SSSR count). The van der Waals surface area contributed by atoms with Crippen molar-refractivity contribution in [1.29, 1.82) is 0 Å². The molecule has 2 heterocycles. The van der Waals surface area contributed by atoms with Crippen molar-refractivity contribution in [3.8, 4) is 11.3 Å². The summed E-state index contributed by atoms with van der Waals surface area (Å²) in [5.41, 5.74) is 3.97. The fourth-order valence-electron chi connectivity index (χ4n) is 2.76. The molecular formula is C18H19ClN2O2S. The van der Waals surface area contributed by atoms with Crippen molar-refractivity contribution in [3.05, 3.63) is 53.3 Å². The molecule has 126 valence electrons. The Morgan fingerprint density at radius 1 is 1.17 bits per heavy atom. The third kappa shape index (κ3) is 3.47. The molecule has 6 heteroatoms. The molecule has 0 N–H and O–H groups in total. The molecule has 0 atom stereocenters. The number of nitrogens with zero attached hydrogens (tertiary/aromatic N) is 2. The van der Waals surface area contributed by atoms with Crippen LogP contribution in [0.25, 0.3) is 22.2 Å². The molecule has 3 aromatic rings. The van der Waals surface area contributed by atoms with E-state index in [4.69, 9.17) is 11.6 Å². The van der Waals surface area contributed by atoms with Gasteiger partial charge in [-0.2, -0.15) is 0 Å². The van der Waals surface area contributed by atoms with Crippen LogP contribution < -0.4 is 0 Å². The molecule has 0 amide bonds. The zero-order valence-corrected chi connectivity index (χ0v) is 15.2. The summed E-state index contributed by atoms with van der Waals surface area (Å²) in [4.78, 5) is 4.28. The minimum Gasteiger partial charge on any atom is -0.344 e. The number of hydrogen-bond acceptors (Lipinski definition) is 3. The average Bonchev–Trinajstić information content (AvgIpc) is 2.90. The van der Waals surface area contributed by atoms with Crippen LogP contribution in [-0.4, -0.2) is 29.5 Å². The van der Waals surface area contributed by atoms with Crippen LogP contribution in [0.3, 0.4) is 0 Å². The van der Waals surface area contributed by atoms with Crippen LogP contribution in [0.2, 0.25) is 5.02 Å². The summed E-state index contributed by atoms with van der Waals surface area (Å²) in [7, 11) is -0.988. The van der Waals surface area contributed by atoms with Crippen LogP contribution >= 0.6 is 11.6 Å². The third-order valence-corrected chi connectivity index (χ3v) is 6.18. The second-order valence-corrected chi connectivity index (χ2v) is 8.77. The Morgan fingerprint density at radius 3 is 2.71 bits per heavy atom. The first-order valence-electron chi connectivity index (χ1n) is 7.79. The lowest BCUT2D eigenvalue weighted by molar-refractivity contribution is 0.596. The van der Waals surface area contributed by atoms with Gasteiger partial charge in [-0.3, -0.25) is 4.98 Å². The highest BCUT2D eigenvalue weighted by molar-refractivity contribution is 7.91. The van der Waals surface area contributed by atoms with Crippen molar-refractivity contribution in [1.82, 2.24) is 9.55 Å². The Morgan fingerprint density at radius 2 is 1.96 bits per heavy atom. The number of hydrogen-bond donors (Lipinski definition) is 0. The van der Waals surface area contributed by atoms with Gasteiger partial charge in [0.05, 0.1) is 11.4 Å². The molecule has 0 saturated heterocycles. The van der Waals surface area contributed by atoms with E-state index in [2.05, 4.69) is 15.6 Å². The van der Waals surface area contributed by atoms with Gasteiger partial charge in [0.2, 0.25) is 0 Å². The second-order valence-electron chi connectivity index (χ2n) is 5.86. The number of aromatic nitrogens is 2. The largest absolute Gasteiger partial charge is 0.344 e. The highest BCUT2D eigenvalue weighted by Crippen LogP contribution is 2.29. The van der Waals surface area contributed by atoms with Gasteiger partial charge in [-0.1, -0.05) is 24.6 Å². The highest BCUT2D eigenvalue weighted by Gasteiger charge is 2.11. The van der Waals surface area contributed by atoms with Crippen molar-refractivity contribution in [3.63, 3.8) is 0 Å². The van der Waals surface area contributed by atoms with Crippen LogP contribution in [0, 0.1) is 0 Å². The van der Waals surface area contributed by atoms with Crippen LogP contribution in [0.4, 0.5) is 0 Å². The molecule has 0 aliphatic rings. The van der Waals surface area contributed by atoms with E-state index >= 15 is 0 Å². The third-order valence-electron chi connectivity index (χ3n) is 4.24. The number of fused-ring (bicyclic) bond motifs is 1. The van der Waals surface area contributed by atoms with Gasteiger partial charge < -0.3 is 4.57 Å². The zero-order chi connectivity index (χ0) is 17.3. The zero-order valence-electron chi connectivity index (χ0n) is 13.7. The maximum atomic E-state index is 11.7. The van der Waals surface area contributed by atoms with Gasteiger partial charge >= 0.3 is 0 Å². The van der Waals surface area contributed by atoms with Gasteiger partial charge in [0.15, 0.2) is 0 Å². The number of sulfone groups is 1. The summed E-state index contributed by atoms with van der Waals surface area (Å²) in [5.74, 6) is 0.323. The number of aryl methyl sites for hydroxylation is 2. The molecule has 0 unspecified atom stereocenters. The van der Waals surface area contributed by atoms with Gasteiger partial charge in [0.1, 0.15) is 9.84 Å². The van der Waals surface area contributed by atoms with Crippen molar-refractivity contribution >= 4 is 32.3 Å². The van der Waals surface area contributed by atoms with E-state index < -0.39 is 9.84 Å². The molecule has 1 aromatic carbocycles. The van der Waals surface area contributed by atoms with E-state index in [0.29, 0.717) is 11.4 Å². The van der Waals surface area contributed by atoms with Gasteiger partial charge in [0.25, 0.3) is 0 Å². The maximum Gasteiger partial charge on any atom is 0.150 e. The van der Waals surface area contributed by atoms with Crippen LogP contribution in [-0.2, 0) is 23.3 Å². The minimum atomic E-state index is -2.98. The molecule has 0 saturated carbocycles. The summed E-state index contributed by atoms with van der Waals surface area (Å²) < 4.78 is 25.5. The number of benzene rings is 1. The molecule has 2 aromatic heterocycles. The summed E-state index contributed by atoms with van der Waals surface area (Å²) in [6.07, 6.45) is 4.01. The highest BCUT2D eigenvalue weighted by atomic mass is 35.5. The topological polar surface area (TPSA) is 52.0 Å². The number of halogens is 1. The predicted molar refractivity (Wildman–Crippen MR) is 99.2 cm³/mol. The Kier molecular flexibility index (Phi) is 4.65. The summed E-state index contributed by atoms with van der Waals surface area (Å²) >= 11 is 6.09. The van der Waals surface area contributed by atoms with Crippen molar-refractivity contribution in [2.75, 3.05) is 11.5 Å². The Balaban J connectivity index is 1.96. The SMILES string of the molecule is CCS(=O)(=O)CCc1cncc(-c2cc3ccc(Cl)cc3n2C)c1. The molecule has 0 aliphatic heterocycles. The van der Waals surface area contributed by atoms with Gasteiger partial charge in [-0.15, -0.1) is 0 Å². The first-order valence-corrected chi connectivity index (χ1v) is 9.99. The number of pyridine rings is 1. The van der Waals surface area contributed by atoms with E-state index in [1.54, 1.807) is 19.3 Å². The molecule has 0 spiro atoms.